The minimum atomic E-state index is -1.43. The third kappa shape index (κ3) is 6.56. The number of alkyl halides is 1. The zero-order valence-electron chi connectivity index (χ0n) is 21.9. The number of benzene rings is 3. The number of aryl methyl sites for hydroxylation is 1. The molecule has 6 nitrogen and oxygen atoms in total. The van der Waals surface area contributed by atoms with Gasteiger partial charge in [0.05, 0.1) is 12.7 Å². The number of nitrogens with one attached hydrogen (secondary N) is 1. The number of hydrogen-bond donors (Lipinski definition) is 2. The Bertz CT molecular complexity index is 1430. The van der Waals surface area contributed by atoms with Crippen LogP contribution in [0.15, 0.2) is 71.3 Å². The van der Waals surface area contributed by atoms with Crippen LogP contribution in [0.25, 0.3) is 22.1 Å². The lowest BCUT2D eigenvalue weighted by molar-refractivity contribution is -0.136. The molecule has 200 valence electrons. The van der Waals surface area contributed by atoms with E-state index >= 15 is 0 Å². The SMILES string of the molecule is Cc1ccc(CC(=O)O)c(OCc2cc(-c3cccc(C(CF)N[S+]([O-])C(C)(C)C)c3)c3occc3c2)c1. The second-order valence-corrected chi connectivity index (χ2v) is 12.3. The molecule has 1 aromatic heterocycles. The fourth-order valence-corrected chi connectivity index (χ4v) is 4.94. The molecule has 0 fully saturated rings. The summed E-state index contributed by atoms with van der Waals surface area (Å²) in [6.45, 7) is 6.96. The van der Waals surface area contributed by atoms with Crippen LogP contribution >= 0.6 is 0 Å². The maximum atomic E-state index is 14.0. The molecule has 2 N–H and O–H groups in total. The molecule has 38 heavy (non-hydrogen) atoms. The van der Waals surface area contributed by atoms with E-state index in [1.807, 2.05) is 82.3 Å². The van der Waals surface area contributed by atoms with Crippen LogP contribution in [-0.4, -0.2) is 27.1 Å². The lowest BCUT2D eigenvalue weighted by atomic mass is 9.97. The number of hydrogen-bond acceptors (Lipinski definition) is 5. The number of furan rings is 1. The first-order chi connectivity index (χ1) is 18.0. The van der Waals surface area contributed by atoms with Gasteiger partial charge in [0.2, 0.25) is 0 Å². The second-order valence-electron chi connectivity index (χ2n) is 10.3. The van der Waals surface area contributed by atoms with Gasteiger partial charge in [-0.3, -0.25) is 4.79 Å². The van der Waals surface area contributed by atoms with Crippen LogP contribution in [0, 0.1) is 6.92 Å². The van der Waals surface area contributed by atoms with Crippen LogP contribution < -0.4 is 9.46 Å². The Balaban J connectivity index is 1.65. The highest BCUT2D eigenvalue weighted by Crippen LogP contribution is 2.34. The smallest absolute Gasteiger partial charge is 0.307 e. The molecule has 2 unspecified atom stereocenters. The summed E-state index contributed by atoms with van der Waals surface area (Å²) in [6.07, 6.45) is 1.49. The number of aliphatic carboxylic acids is 1. The van der Waals surface area contributed by atoms with Gasteiger partial charge in [-0.25, -0.2) is 4.39 Å². The predicted octanol–water partition coefficient (Wildman–Crippen LogP) is 6.68. The van der Waals surface area contributed by atoms with Gasteiger partial charge in [-0.05, 0) is 80.3 Å². The molecular weight excluding hydrogens is 505 g/mol. The third-order valence-corrected chi connectivity index (χ3v) is 7.74. The summed E-state index contributed by atoms with van der Waals surface area (Å²) in [7, 11) is 0. The van der Waals surface area contributed by atoms with Crippen molar-refractivity contribution in [3.8, 4) is 16.9 Å². The average Bonchev–Trinajstić information content (AvgIpc) is 3.34. The summed E-state index contributed by atoms with van der Waals surface area (Å²) in [5.41, 5.74) is 5.47. The largest absolute Gasteiger partial charge is 0.598 e. The van der Waals surface area contributed by atoms with E-state index in [0.29, 0.717) is 22.5 Å². The summed E-state index contributed by atoms with van der Waals surface area (Å²) < 4.78 is 40.9. The van der Waals surface area contributed by atoms with Crippen LogP contribution in [0.5, 0.6) is 5.75 Å². The van der Waals surface area contributed by atoms with Gasteiger partial charge in [-0.15, -0.1) is 4.72 Å². The molecule has 0 aliphatic heterocycles. The monoisotopic (exact) mass is 537 g/mol. The van der Waals surface area contributed by atoms with Crippen molar-refractivity contribution in [1.29, 1.82) is 0 Å². The number of fused-ring (bicyclic) bond motifs is 1. The van der Waals surface area contributed by atoms with Crippen molar-refractivity contribution in [2.75, 3.05) is 6.67 Å². The first-order valence-electron chi connectivity index (χ1n) is 12.3. The Kier molecular flexibility index (Phi) is 8.45. The molecule has 3 aromatic carbocycles. The maximum absolute atomic E-state index is 14.0. The van der Waals surface area contributed by atoms with Crippen LogP contribution in [-0.2, 0) is 29.2 Å². The molecule has 0 saturated heterocycles. The third-order valence-electron chi connectivity index (χ3n) is 6.13. The van der Waals surface area contributed by atoms with Gasteiger partial charge in [-0.1, -0.05) is 30.3 Å². The van der Waals surface area contributed by atoms with E-state index in [0.717, 1.165) is 27.6 Å². The topological polar surface area (TPSA) is 94.8 Å². The fraction of sp³-hybridized carbons (Fsp3) is 0.300. The van der Waals surface area contributed by atoms with Crippen molar-refractivity contribution in [3.63, 3.8) is 0 Å². The van der Waals surface area contributed by atoms with Gasteiger partial charge in [0.15, 0.2) is 0 Å². The van der Waals surface area contributed by atoms with E-state index in [4.69, 9.17) is 9.15 Å². The van der Waals surface area contributed by atoms with Crippen LogP contribution in [0.1, 0.15) is 49.1 Å². The Morgan fingerprint density at radius 2 is 1.95 bits per heavy atom. The molecule has 2 atom stereocenters. The molecule has 0 bridgehead atoms. The van der Waals surface area contributed by atoms with Gasteiger partial charge in [0.25, 0.3) is 0 Å². The van der Waals surface area contributed by atoms with Gasteiger partial charge in [0.1, 0.15) is 35.4 Å². The molecule has 0 saturated carbocycles. The quantitative estimate of drug-likeness (QED) is 0.219. The summed E-state index contributed by atoms with van der Waals surface area (Å²) in [5.74, 6) is -0.389. The molecular formula is C30H32FNO5S. The van der Waals surface area contributed by atoms with E-state index in [-0.39, 0.29) is 13.0 Å². The van der Waals surface area contributed by atoms with Gasteiger partial charge in [-0.2, -0.15) is 0 Å². The average molecular weight is 538 g/mol. The highest BCUT2D eigenvalue weighted by Gasteiger charge is 2.30. The predicted molar refractivity (Wildman–Crippen MR) is 148 cm³/mol. The van der Waals surface area contributed by atoms with E-state index in [1.54, 1.807) is 12.3 Å². The highest BCUT2D eigenvalue weighted by molar-refractivity contribution is 7.90. The highest BCUT2D eigenvalue weighted by atomic mass is 32.2. The molecule has 0 aliphatic rings. The van der Waals surface area contributed by atoms with Gasteiger partial charge >= 0.3 is 5.97 Å². The maximum Gasteiger partial charge on any atom is 0.307 e. The zero-order chi connectivity index (χ0) is 27.4. The zero-order valence-corrected chi connectivity index (χ0v) is 22.7. The number of halogens is 1. The minimum Gasteiger partial charge on any atom is -0.598 e. The second kappa shape index (κ2) is 11.6. The molecule has 4 rings (SSSR count). The molecule has 8 heteroatoms. The van der Waals surface area contributed by atoms with E-state index in [2.05, 4.69) is 4.72 Å². The Morgan fingerprint density at radius 1 is 1.16 bits per heavy atom. The summed E-state index contributed by atoms with van der Waals surface area (Å²) in [5, 5.41) is 10.1. The van der Waals surface area contributed by atoms with Crippen molar-refractivity contribution in [2.45, 2.75) is 51.5 Å². The summed E-state index contributed by atoms with van der Waals surface area (Å²) in [6, 6.07) is 18.0. The molecule has 0 spiro atoms. The first kappa shape index (κ1) is 27.7. The van der Waals surface area contributed by atoms with Crippen LogP contribution in [0.4, 0.5) is 4.39 Å². The summed E-state index contributed by atoms with van der Waals surface area (Å²) >= 11 is -1.43. The van der Waals surface area contributed by atoms with Crippen molar-refractivity contribution in [2.24, 2.45) is 0 Å². The van der Waals surface area contributed by atoms with Crippen LogP contribution in [0.2, 0.25) is 0 Å². The molecule has 0 radical (unpaired) electrons. The standard InChI is InChI=1S/C30H32FNO5S/c1-19-8-9-23(16-28(33)34)27(12-19)37-18-20-13-24-10-11-36-29(24)25(14-20)21-6-5-7-22(15-21)26(17-31)32-38(35)30(2,3)4/h5-15,26,32H,16-18H2,1-4H3,(H,33,34). The van der Waals surface area contributed by atoms with E-state index in [1.165, 1.54) is 0 Å². The molecule has 1 heterocycles. The Morgan fingerprint density at radius 3 is 2.66 bits per heavy atom. The van der Waals surface area contributed by atoms with E-state index < -0.39 is 34.8 Å². The van der Waals surface area contributed by atoms with Gasteiger partial charge in [0, 0.05) is 27.9 Å². The van der Waals surface area contributed by atoms with Crippen LogP contribution in [0.3, 0.4) is 0 Å². The Labute approximate surface area is 225 Å². The number of carboxylic acid groups (broad SMARTS) is 1. The lowest BCUT2D eigenvalue weighted by Crippen LogP contribution is -2.41. The van der Waals surface area contributed by atoms with Crippen molar-refractivity contribution >= 4 is 28.3 Å². The first-order valence-corrected chi connectivity index (χ1v) is 13.5. The number of carbonyl (C=O) groups is 1. The van der Waals surface area contributed by atoms with E-state index in [9.17, 15) is 18.8 Å². The normalized spacial score (nSPS) is 13.4. The number of ether oxygens (including phenoxy) is 1. The van der Waals surface area contributed by atoms with Crippen molar-refractivity contribution in [1.82, 2.24) is 4.72 Å². The number of rotatable bonds is 10. The Hall–Kier alpha value is -3.33. The minimum absolute atomic E-state index is 0.127. The molecule has 4 aromatic rings. The molecule has 0 aliphatic carbocycles. The van der Waals surface area contributed by atoms with Crippen molar-refractivity contribution < 1.29 is 28.0 Å². The number of carboxylic acids is 1. The van der Waals surface area contributed by atoms with Crippen molar-refractivity contribution in [3.05, 3.63) is 89.2 Å². The molecule has 0 amide bonds. The summed E-state index contributed by atoms with van der Waals surface area (Å²) in [4.78, 5) is 11.3. The van der Waals surface area contributed by atoms with Gasteiger partial charge < -0.3 is 18.8 Å². The fourth-order valence-electron chi connectivity index (χ4n) is 4.13. The lowest BCUT2D eigenvalue weighted by Gasteiger charge is -2.27.